The number of phenolic OH excluding ortho intramolecular Hbond substituents is 1. The molecular weight excluding hydrogens is 471 g/mol. The number of amides is 1. The molecule has 0 bridgehead atoms. The molecule has 6 nitrogen and oxygen atoms in total. The minimum Gasteiger partial charge on any atom is -0.504 e. The third-order valence-corrected chi connectivity index (χ3v) is 6.96. The topological polar surface area (TPSA) is 87.7 Å². The summed E-state index contributed by atoms with van der Waals surface area (Å²) in [4.78, 5) is 27.3. The van der Waals surface area contributed by atoms with Crippen LogP contribution in [0.5, 0.6) is 11.5 Å². The molecule has 0 saturated carbocycles. The van der Waals surface area contributed by atoms with Crippen LogP contribution in [0.4, 0.5) is 10.1 Å². The Morgan fingerprint density at radius 1 is 1.03 bits per heavy atom. The van der Waals surface area contributed by atoms with E-state index in [4.69, 9.17) is 4.74 Å². The Bertz CT molecular complexity index is 1440. The maximum absolute atomic E-state index is 13.8. The molecule has 1 amide bonds. The van der Waals surface area contributed by atoms with E-state index in [0.717, 1.165) is 11.3 Å². The lowest BCUT2D eigenvalue weighted by atomic mass is 9.71. The number of ether oxygens (including phenoxy) is 1. The Balaban J connectivity index is 1.59. The first-order valence-electron chi connectivity index (χ1n) is 12.1. The maximum Gasteiger partial charge on any atom is 0.254 e. The van der Waals surface area contributed by atoms with Crippen LogP contribution in [-0.4, -0.2) is 23.9 Å². The average Bonchev–Trinajstić information content (AvgIpc) is 2.88. The van der Waals surface area contributed by atoms with E-state index in [9.17, 15) is 19.1 Å². The SMILES string of the molecule is COc1cc([C@H]2C(C(=O)Nc3cccc(F)c3)=C(C)NC3=C2C(=O)C[C@H](c2ccccc2)C3)ccc1O. The zero-order valence-electron chi connectivity index (χ0n) is 20.5. The number of aromatic hydroxyl groups is 1. The second kappa shape index (κ2) is 9.93. The van der Waals surface area contributed by atoms with Gasteiger partial charge >= 0.3 is 0 Å². The van der Waals surface area contributed by atoms with Gasteiger partial charge in [0.05, 0.1) is 7.11 Å². The number of rotatable bonds is 5. The number of benzene rings is 3. The summed E-state index contributed by atoms with van der Waals surface area (Å²) in [6, 6.07) is 20.4. The fraction of sp³-hybridized carbons (Fsp3) is 0.200. The van der Waals surface area contributed by atoms with Crippen molar-refractivity contribution in [2.45, 2.75) is 31.6 Å². The van der Waals surface area contributed by atoms with Crippen LogP contribution in [0.25, 0.3) is 0 Å². The van der Waals surface area contributed by atoms with Crippen molar-refractivity contribution < 1.29 is 23.8 Å². The van der Waals surface area contributed by atoms with Crippen LogP contribution >= 0.6 is 0 Å². The standard InChI is InChI=1S/C30H27FN2O4/c1-17-27(30(36)33-22-10-6-9-21(31)16-22)28(19-11-12-24(34)26(15-19)37-2)29-23(32-17)13-20(14-25(29)35)18-7-4-3-5-8-18/h3-12,15-16,20,28,32,34H,13-14H2,1-2H3,(H,33,36)/t20-,28+/m1/s1. The van der Waals surface area contributed by atoms with E-state index in [0.29, 0.717) is 40.9 Å². The number of hydrogen-bond acceptors (Lipinski definition) is 5. The van der Waals surface area contributed by atoms with Crippen molar-refractivity contribution in [3.63, 3.8) is 0 Å². The number of carbonyl (C=O) groups is 2. The lowest BCUT2D eigenvalue weighted by Crippen LogP contribution is -2.37. The molecule has 0 spiro atoms. The number of nitrogens with one attached hydrogen (secondary N) is 2. The summed E-state index contributed by atoms with van der Waals surface area (Å²) >= 11 is 0. The smallest absolute Gasteiger partial charge is 0.254 e. The van der Waals surface area contributed by atoms with Gasteiger partial charge in [-0.05, 0) is 60.7 Å². The number of halogens is 1. The zero-order chi connectivity index (χ0) is 26.1. The molecule has 2 aliphatic rings. The summed E-state index contributed by atoms with van der Waals surface area (Å²) in [6.07, 6.45) is 0.932. The summed E-state index contributed by atoms with van der Waals surface area (Å²) in [7, 11) is 1.45. The Hall–Kier alpha value is -4.39. The number of anilines is 1. The molecule has 1 heterocycles. The quantitative estimate of drug-likeness (QED) is 0.430. The molecule has 3 aromatic carbocycles. The predicted molar refractivity (Wildman–Crippen MR) is 139 cm³/mol. The summed E-state index contributed by atoms with van der Waals surface area (Å²) in [6.45, 7) is 1.80. The number of hydrogen-bond donors (Lipinski definition) is 3. The van der Waals surface area contributed by atoms with Gasteiger partial charge in [-0.2, -0.15) is 0 Å². The molecule has 1 aliphatic carbocycles. The van der Waals surface area contributed by atoms with Crippen LogP contribution in [0.3, 0.4) is 0 Å². The van der Waals surface area contributed by atoms with Crippen molar-refractivity contribution in [3.05, 3.63) is 112 Å². The van der Waals surface area contributed by atoms with E-state index in [2.05, 4.69) is 10.6 Å². The fourth-order valence-electron chi connectivity index (χ4n) is 5.27. The van der Waals surface area contributed by atoms with Gasteiger partial charge in [-0.3, -0.25) is 9.59 Å². The zero-order valence-corrected chi connectivity index (χ0v) is 20.5. The van der Waals surface area contributed by atoms with E-state index in [1.807, 2.05) is 30.3 Å². The van der Waals surface area contributed by atoms with Crippen molar-refractivity contribution in [2.24, 2.45) is 0 Å². The summed E-state index contributed by atoms with van der Waals surface area (Å²) in [5.41, 5.74) is 4.29. The van der Waals surface area contributed by atoms with Crippen LogP contribution in [0.1, 0.15) is 42.7 Å². The van der Waals surface area contributed by atoms with Crippen molar-refractivity contribution in [1.29, 1.82) is 0 Å². The molecule has 0 aromatic heterocycles. The monoisotopic (exact) mass is 498 g/mol. The second-order valence-electron chi connectivity index (χ2n) is 9.32. The Morgan fingerprint density at radius 2 is 1.81 bits per heavy atom. The lowest BCUT2D eigenvalue weighted by molar-refractivity contribution is -0.116. The van der Waals surface area contributed by atoms with Gasteiger partial charge in [-0.1, -0.05) is 42.5 Å². The molecule has 188 valence electrons. The molecule has 3 aromatic rings. The third-order valence-electron chi connectivity index (χ3n) is 6.96. The number of ketones is 1. The highest BCUT2D eigenvalue weighted by Crippen LogP contribution is 2.46. The van der Waals surface area contributed by atoms with Crippen LogP contribution in [-0.2, 0) is 9.59 Å². The number of methoxy groups -OCH3 is 1. The molecule has 0 saturated heterocycles. The van der Waals surface area contributed by atoms with Crippen LogP contribution in [0.2, 0.25) is 0 Å². The first-order valence-corrected chi connectivity index (χ1v) is 12.1. The van der Waals surface area contributed by atoms with Gasteiger partial charge in [0.15, 0.2) is 17.3 Å². The van der Waals surface area contributed by atoms with E-state index < -0.39 is 17.6 Å². The van der Waals surface area contributed by atoms with E-state index in [1.165, 1.54) is 31.4 Å². The van der Waals surface area contributed by atoms with E-state index in [1.54, 1.807) is 25.1 Å². The van der Waals surface area contributed by atoms with E-state index >= 15 is 0 Å². The highest BCUT2D eigenvalue weighted by atomic mass is 19.1. The van der Waals surface area contributed by atoms with Crippen LogP contribution in [0, 0.1) is 5.82 Å². The molecule has 3 N–H and O–H groups in total. The van der Waals surface area contributed by atoms with Gasteiger partial charge in [0.2, 0.25) is 0 Å². The van der Waals surface area contributed by atoms with Gasteiger partial charge in [0.1, 0.15) is 5.82 Å². The first-order chi connectivity index (χ1) is 17.9. The number of Topliss-reactive ketones (excluding diaryl/α,β-unsaturated/α-hetero) is 1. The van der Waals surface area contributed by atoms with Crippen molar-refractivity contribution in [3.8, 4) is 11.5 Å². The molecule has 1 aliphatic heterocycles. The van der Waals surface area contributed by atoms with Crippen molar-refractivity contribution >= 4 is 17.4 Å². The van der Waals surface area contributed by atoms with Gasteiger partial charge in [-0.25, -0.2) is 4.39 Å². The number of allylic oxidation sites excluding steroid dienone is 3. The highest BCUT2D eigenvalue weighted by molar-refractivity contribution is 6.10. The van der Waals surface area contributed by atoms with Crippen LogP contribution in [0.15, 0.2) is 95.3 Å². The number of carbonyl (C=O) groups excluding carboxylic acids is 2. The predicted octanol–water partition coefficient (Wildman–Crippen LogP) is 5.54. The summed E-state index contributed by atoms with van der Waals surface area (Å²) in [5, 5.41) is 16.3. The third kappa shape index (κ3) is 4.72. The lowest BCUT2D eigenvalue weighted by Gasteiger charge is -2.37. The Labute approximate surface area is 214 Å². The minimum atomic E-state index is -0.691. The van der Waals surface area contributed by atoms with Crippen molar-refractivity contribution in [1.82, 2.24) is 5.32 Å². The largest absolute Gasteiger partial charge is 0.504 e. The van der Waals surface area contributed by atoms with Gasteiger partial charge in [0.25, 0.3) is 5.91 Å². The minimum absolute atomic E-state index is 0.0189. The molecule has 2 atom stereocenters. The molecule has 5 rings (SSSR count). The number of dihydropyridines is 1. The molecular formula is C30H27FN2O4. The van der Waals surface area contributed by atoms with Crippen LogP contribution < -0.4 is 15.4 Å². The summed E-state index contributed by atoms with van der Waals surface area (Å²) in [5.74, 6) is -1.44. The Morgan fingerprint density at radius 3 is 2.54 bits per heavy atom. The molecule has 7 heteroatoms. The fourth-order valence-corrected chi connectivity index (χ4v) is 5.27. The van der Waals surface area contributed by atoms with E-state index in [-0.39, 0.29) is 23.2 Å². The average molecular weight is 499 g/mol. The normalized spacial score (nSPS) is 19.3. The molecule has 37 heavy (non-hydrogen) atoms. The Kier molecular flexibility index (Phi) is 6.53. The number of phenols is 1. The highest BCUT2D eigenvalue weighted by Gasteiger charge is 2.41. The molecule has 0 fully saturated rings. The summed E-state index contributed by atoms with van der Waals surface area (Å²) < 4.78 is 19.1. The molecule has 0 radical (unpaired) electrons. The van der Waals surface area contributed by atoms with Gasteiger partial charge in [0, 0.05) is 40.6 Å². The molecule has 0 unspecified atom stereocenters. The first kappa shape index (κ1) is 24.3. The van der Waals surface area contributed by atoms with Crippen molar-refractivity contribution in [2.75, 3.05) is 12.4 Å². The maximum atomic E-state index is 13.8. The van der Waals surface area contributed by atoms with Gasteiger partial charge < -0.3 is 20.5 Å². The van der Waals surface area contributed by atoms with Gasteiger partial charge in [-0.15, -0.1) is 0 Å². The second-order valence-corrected chi connectivity index (χ2v) is 9.32.